The number of hydrogen-bond donors (Lipinski definition) is 0. The normalized spacial score (nSPS) is 11.7. The predicted molar refractivity (Wildman–Crippen MR) is 215 cm³/mol. The molecule has 0 saturated carbocycles. The van der Waals surface area contributed by atoms with Crippen molar-refractivity contribution in [2.45, 2.75) is 0 Å². The Balaban J connectivity index is 1.03. The van der Waals surface area contributed by atoms with E-state index in [9.17, 15) is 0 Å². The zero-order chi connectivity index (χ0) is 32.3. The topological polar surface area (TPSA) is 3.24 Å². The quantitative estimate of drug-likeness (QED) is 0.178. The van der Waals surface area contributed by atoms with E-state index in [1.807, 2.05) is 22.7 Å². The second-order valence-electron chi connectivity index (χ2n) is 12.5. The van der Waals surface area contributed by atoms with Crippen LogP contribution in [0, 0.1) is 0 Å². The van der Waals surface area contributed by atoms with Gasteiger partial charge in [0.2, 0.25) is 0 Å². The highest BCUT2D eigenvalue weighted by Crippen LogP contribution is 2.43. The molecule has 230 valence electrons. The summed E-state index contributed by atoms with van der Waals surface area (Å²) in [5.74, 6) is 0. The third-order valence-electron chi connectivity index (χ3n) is 9.67. The van der Waals surface area contributed by atoms with Crippen LogP contribution in [0.3, 0.4) is 0 Å². The molecule has 8 aromatic carbocycles. The molecule has 0 amide bonds. The lowest BCUT2D eigenvalue weighted by Crippen LogP contribution is -2.09. The van der Waals surface area contributed by atoms with E-state index in [0.717, 1.165) is 17.1 Å². The smallest absolute Gasteiger partial charge is 0.0462 e. The summed E-state index contributed by atoms with van der Waals surface area (Å²) in [6.07, 6.45) is 0. The molecule has 0 N–H and O–H groups in total. The van der Waals surface area contributed by atoms with Gasteiger partial charge in [-0.05, 0) is 93.7 Å². The highest BCUT2D eigenvalue weighted by Gasteiger charge is 2.15. The summed E-state index contributed by atoms with van der Waals surface area (Å²) < 4.78 is 5.35. The molecule has 10 rings (SSSR count). The number of nitrogens with zero attached hydrogens (tertiary/aromatic N) is 1. The van der Waals surface area contributed by atoms with E-state index in [1.54, 1.807) is 0 Å². The Morgan fingerprint density at radius 2 is 0.939 bits per heavy atom. The Morgan fingerprint density at radius 1 is 0.347 bits per heavy atom. The van der Waals surface area contributed by atoms with Crippen LogP contribution in [0.15, 0.2) is 176 Å². The standard InChI is InChI=1S/C46H29NS2/c1-2-9-34(10-3-1)47(36-26-21-31(22-27-36)37-13-8-14-39-38-11-4-6-15-42(38)49-46(37)39)35-24-19-30(20-25-35)33-18-17-32-23-28-44-45(41(32)29-33)40-12-5-7-16-43(40)48-44/h1-29H. The van der Waals surface area contributed by atoms with E-state index < -0.39 is 0 Å². The minimum Gasteiger partial charge on any atom is -0.311 e. The molecule has 2 heterocycles. The van der Waals surface area contributed by atoms with Crippen molar-refractivity contribution in [3.63, 3.8) is 0 Å². The van der Waals surface area contributed by atoms with Gasteiger partial charge in [0, 0.05) is 57.4 Å². The fourth-order valence-electron chi connectivity index (χ4n) is 7.31. The number of fused-ring (bicyclic) bond motifs is 8. The molecule has 0 radical (unpaired) electrons. The average Bonchev–Trinajstić information content (AvgIpc) is 3.75. The fourth-order valence-corrected chi connectivity index (χ4v) is 9.67. The van der Waals surface area contributed by atoms with Crippen LogP contribution in [0.5, 0.6) is 0 Å². The van der Waals surface area contributed by atoms with E-state index in [0.29, 0.717) is 0 Å². The molecular weight excluding hydrogens is 631 g/mol. The summed E-state index contributed by atoms with van der Waals surface area (Å²) in [4.78, 5) is 2.34. The van der Waals surface area contributed by atoms with Gasteiger partial charge in [0.05, 0.1) is 0 Å². The molecule has 0 saturated heterocycles. The molecule has 0 fully saturated rings. The molecule has 0 unspecified atom stereocenters. The SMILES string of the molecule is c1ccc(N(c2ccc(-c3ccc4ccc5sc6ccccc6c5c4c3)cc2)c2ccc(-c3cccc4c3sc3ccccc34)cc2)cc1. The molecule has 0 bridgehead atoms. The van der Waals surface area contributed by atoms with E-state index in [-0.39, 0.29) is 0 Å². The van der Waals surface area contributed by atoms with Crippen molar-refractivity contribution in [2.75, 3.05) is 4.90 Å². The van der Waals surface area contributed by atoms with E-state index in [1.165, 1.54) is 73.4 Å². The van der Waals surface area contributed by atoms with Crippen LogP contribution < -0.4 is 4.90 Å². The zero-order valence-electron chi connectivity index (χ0n) is 26.5. The largest absolute Gasteiger partial charge is 0.311 e. The fraction of sp³-hybridized carbons (Fsp3) is 0. The molecule has 10 aromatic rings. The second-order valence-corrected chi connectivity index (χ2v) is 14.7. The molecule has 0 spiro atoms. The van der Waals surface area contributed by atoms with Crippen LogP contribution in [-0.2, 0) is 0 Å². The van der Waals surface area contributed by atoms with Crippen LogP contribution >= 0.6 is 22.7 Å². The molecular formula is C46H29NS2. The van der Waals surface area contributed by atoms with Crippen LogP contribution in [0.2, 0.25) is 0 Å². The Bertz CT molecular complexity index is 2810. The van der Waals surface area contributed by atoms with Crippen LogP contribution in [0.4, 0.5) is 17.1 Å². The third kappa shape index (κ3) is 4.74. The Kier molecular flexibility index (Phi) is 6.61. The van der Waals surface area contributed by atoms with Crippen molar-refractivity contribution in [3.8, 4) is 22.3 Å². The number of hydrogen-bond acceptors (Lipinski definition) is 3. The molecule has 0 aliphatic carbocycles. The molecule has 0 atom stereocenters. The van der Waals surface area contributed by atoms with Gasteiger partial charge in [0.15, 0.2) is 0 Å². The number of anilines is 3. The lowest BCUT2D eigenvalue weighted by molar-refractivity contribution is 1.28. The number of para-hydroxylation sites is 1. The van der Waals surface area contributed by atoms with Gasteiger partial charge in [-0.15, -0.1) is 22.7 Å². The van der Waals surface area contributed by atoms with Gasteiger partial charge in [-0.2, -0.15) is 0 Å². The van der Waals surface area contributed by atoms with Crippen molar-refractivity contribution >= 4 is 90.9 Å². The minimum atomic E-state index is 1.13. The lowest BCUT2D eigenvalue weighted by Gasteiger charge is -2.26. The van der Waals surface area contributed by atoms with Crippen molar-refractivity contribution in [3.05, 3.63) is 176 Å². The maximum Gasteiger partial charge on any atom is 0.0462 e. The van der Waals surface area contributed by atoms with Gasteiger partial charge < -0.3 is 4.90 Å². The van der Waals surface area contributed by atoms with E-state index >= 15 is 0 Å². The number of thiophene rings is 2. The molecule has 0 aliphatic rings. The summed E-state index contributed by atoms with van der Waals surface area (Å²) in [6.45, 7) is 0. The molecule has 0 aliphatic heterocycles. The van der Waals surface area contributed by atoms with Gasteiger partial charge >= 0.3 is 0 Å². The first-order chi connectivity index (χ1) is 24.3. The highest BCUT2D eigenvalue weighted by atomic mass is 32.1. The second kappa shape index (κ2) is 11.5. The van der Waals surface area contributed by atoms with Gasteiger partial charge in [0.1, 0.15) is 0 Å². The summed E-state index contributed by atoms with van der Waals surface area (Å²) >= 11 is 3.75. The zero-order valence-corrected chi connectivity index (χ0v) is 28.1. The van der Waals surface area contributed by atoms with Crippen LogP contribution in [-0.4, -0.2) is 0 Å². The summed E-state index contributed by atoms with van der Waals surface area (Å²) in [5, 5.41) is 7.95. The first-order valence-electron chi connectivity index (χ1n) is 16.6. The van der Waals surface area contributed by atoms with Crippen LogP contribution in [0.1, 0.15) is 0 Å². The van der Waals surface area contributed by atoms with Crippen molar-refractivity contribution in [2.24, 2.45) is 0 Å². The summed E-state index contributed by atoms with van der Waals surface area (Å²) in [5.41, 5.74) is 8.34. The Hall–Kier alpha value is -5.74. The van der Waals surface area contributed by atoms with E-state index in [2.05, 4.69) is 181 Å². The third-order valence-corrected chi connectivity index (χ3v) is 12.0. The predicted octanol–water partition coefficient (Wildman–Crippen LogP) is 14.4. The Morgan fingerprint density at radius 3 is 1.71 bits per heavy atom. The molecule has 2 aromatic heterocycles. The van der Waals surface area contributed by atoms with Gasteiger partial charge in [0.25, 0.3) is 0 Å². The lowest BCUT2D eigenvalue weighted by atomic mass is 9.98. The van der Waals surface area contributed by atoms with Crippen molar-refractivity contribution in [1.82, 2.24) is 0 Å². The monoisotopic (exact) mass is 659 g/mol. The first-order valence-corrected chi connectivity index (χ1v) is 18.2. The Labute approximate surface area is 292 Å². The van der Waals surface area contributed by atoms with Gasteiger partial charge in [-0.25, -0.2) is 0 Å². The van der Waals surface area contributed by atoms with Crippen LogP contribution in [0.25, 0.3) is 73.4 Å². The van der Waals surface area contributed by atoms with Crippen molar-refractivity contribution in [1.29, 1.82) is 0 Å². The molecule has 1 nitrogen and oxygen atoms in total. The molecule has 49 heavy (non-hydrogen) atoms. The number of benzene rings is 8. The van der Waals surface area contributed by atoms with Gasteiger partial charge in [-0.1, -0.05) is 115 Å². The maximum absolute atomic E-state index is 2.37. The summed E-state index contributed by atoms with van der Waals surface area (Å²) in [6, 6.07) is 64.3. The summed E-state index contributed by atoms with van der Waals surface area (Å²) in [7, 11) is 0. The minimum absolute atomic E-state index is 1.13. The highest BCUT2D eigenvalue weighted by molar-refractivity contribution is 7.26. The van der Waals surface area contributed by atoms with Gasteiger partial charge in [-0.3, -0.25) is 0 Å². The molecule has 3 heteroatoms. The number of rotatable bonds is 5. The van der Waals surface area contributed by atoms with Crippen molar-refractivity contribution < 1.29 is 0 Å². The first kappa shape index (κ1) is 28.3. The average molecular weight is 660 g/mol. The maximum atomic E-state index is 2.37. The van der Waals surface area contributed by atoms with E-state index in [4.69, 9.17) is 0 Å².